The molecule has 1 unspecified atom stereocenters. The van der Waals surface area contributed by atoms with Crippen LogP contribution in [0.3, 0.4) is 0 Å². The van der Waals surface area contributed by atoms with Crippen molar-refractivity contribution in [1.29, 1.82) is 0 Å². The first kappa shape index (κ1) is 20.6. The zero-order chi connectivity index (χ0) is 17.4. The molecule has 0 radical (unpaired) electrons. The van der Waals surface area contributed by atoms with Crippen molar-refractivity contribution in [2.45, 2.75) is 52.8 Å². The summed E-state index contributed by atoms with van der Waals surface area (Å²) in [6.07, 6.45) is 1.38. The molecule has 0 aliphatic rings. The molecule has 3 atom stereocenters. The highest BCUT2D eigenvalue weighted by molar-refractivity contribution is 5.88. The van der Waals surface area contributed by atoms with Gasteiger partial charge in [-0.05, 0) is 26.7 Å². The Labute approximate surface area is 133 Å². The molecule has 0 aliphatic heterocycles. The molecule has 0 rings (SSSR count). The highest BCUT2D eigenvalue weighted by Crippen LogP contribution is 2.15. The maximum absolute atomic E-state index is 12.4. The quantitative estimate of drug-likeness (QED) is 0.540. The molecule has 0 aromatic rings. The smallest absolute Gasteiger partial charge is 0.333 e. The molecule has 0 fully saturated rings. The summed E-state index contributed by atoms with van der Waals surface area (Å²) in [4.78, 5) is 25.7. The first-order valence-electron chi connectivity index (χ1n) is 7.57. The van der Waals surface area contributed by atoms with Crippen LogP contribution < -0.4 is 5.73 Å². The standard InChI is InChI=1S/C16H30N2O4/c1-8-22-16(20)11(4)9-13(10(2)3)18(6)15(19)14(17)12(5)21-7/h9-10,12-14H,8,17H2,1-7H3/b11-9+/t12?,13-,14+/m1/s1. The molecule has 0 bridgehead atoms. The molecule has 2 N–H and O–H groups in total. The van der Waals surface area contributed by atoms with Crippen LogP contribution in [-0.2, 0) is 19.1 Å². The lowest BCUT2D eigenvalue weighted by Crippen LogP contribution is -2.52. The Bertz CT molecular complexity index is 407. The molecule has 0 heterocycles. The Morgan fingerprint density at radius 1 is 1.27 bits per heavy atom. The van der Waals surface area contributed by atoms with Gasteiger partial charge >= 0.3 is 5.97 Å². The SMILES string of the molecule is CCOC(=O)/C(C)=C/[C@H](C(C)C)N(C)C(=O)[C@@H](N)C(C)OC. The summed E-state index contributed by atoms with van der Waals surface area (Å²) in [5.41, 5.74) is 6.40. The predicted octanol–water partition coefficient (Wildman–Crippen LogP) is 1.34. The second-order valence-electron chi connectivity index (χ2n) is 5.72. The van der Waals surface area contributed by atoms with Crippen molar-refractivity contribution in [3.63, 3.8) is 0 Å². The fourth-order valence-electron chi connectivity index (χ4n) is 2.05. The van der Waals surface area contributed by atoms with Gasteiger partial charge in [-0.25, -0.2) is 4.79 Å². The van der Waals surface area contributed by atoms with Crippen LogP contribution >= 0.6 is 0 Å². The van der Waals surface area contributed by atoms with Crippen LogP contribution in [0.4, 0.5) is 0 Å². The molecule has 6 nitrogen and oxygen atoms in total. The van der Waals surface area contributed by atoms with Gasteiger partial charge < -0.3 is 20.1 Å². The van der Waals surface area contributed by atoms with E-state index < -0.39 is 6.04 Å². The summed E-state index contributed by atoms with van der Waals surface area (Å²) in [6.45, 7) is 9.47. The Morgan fingerprint density at radius 3 is 2.23 bits per heavy atom. The van der Waals surface area contributed by atoms with Crippen molar-refractivity contribution in [3.05, 3.63) is 11.6 Å². The minimum absolute atomic E-state index is 0.128. The van der Waals surface area contributed by atoms with Crippen molar-refractivity contribution >= 4 is 11.9 Å². The Hall–Kier alpha value is -1.40. The number of carbonyl (C=O) groups excluding carboxylic acids is 2. The number of nitrogens with zero attached hydrogens (tertiary/aromatic N) is 1. The van der Waals surface area contributed by atoms with Crippen LogP contribution in [0.15, 0.2) is 11.6 Å². The first-order chi connectivity index (χ1) is 10.2. The van der Waals surface area contributed by atoms with Gasteiger partial charge in [0.15, 0.2) is 0 Å². The molecular weight excluding hydrogens is 284 g/mol. The lowest BCUT2D eigenvalue weighted by Gasteiger charge is -2.32. The fraction of sp³-hybridized carbons (Fsp3) is 0.750. The van der Waals surface area contributed by atoms with Gasteiger partial charge in [0.05, 0.1) is 18.8 Å². The number of esters is 1. The molecule has 0 aliphatic carbocycles. The van der Waals surface area contributed by atoms with E-state index in [1.807, 2.05) is 13.8 Å². The van der Waals surface area contributed by atoms with Crippen molar-refractivity contribution in [3.8, 4) is 0 Å². The van der Waals surface area contributed by atoms with E-state index in [0.717, 1.165) is 0 Å². The highest BCUT2D eigenvalue weighted by atomic mass is 16.5. The van der Waals surface area contributed by atoms with Gasteiger partial charge in [0.2, 0.25) is 5.91 Å². The monoisotopic (exact) mass is 314 g/mol. The van der Waals surface area contributed by atoms with Gasteiger partial charge in [0.1, 0.15) is 6.04 Å². The molecule has 0 spiro atoms. The molecule has 22 heavy (non-hydrogen) atoms. The van der Waals surface area contributed by atoms with E-state index >= 15 is 0 Å². The number of ether oxygens (including phenoxy) is 2. The normalized spacial score (nSPS) is 16.1. The van der Waals surface area contributed by atoms with Crippen LogP contribution in [0.25, 0.3) is 0 Å². The van der Waals surface area contributed by atoms with E-state index in [1.54, 1.807) is 38.8 Å². The fourth-order valence-corrected chi connectivity index (χ4v) is 2.05. The number of methoxy groups -OCH3 is 1. The van der Waals surface area contributed by atoms with Crippen LogP contribution in [0.5, 0.6) is 0 Å². The molecular formula is C16H30N2O4. The second-order valence-corrected chi connectivity index (χ2v) is 5.72. The van der Waals surface area contributed by atoms with Crippen LogP contribution in [-0.4, -0.2) is 55.7 Å². The number of rotatable bonds is 8. The maximum Gasteiger partial charge on any atom is 0.333 e. The van der Waals surface area contributed by atoms with E-state index in [1.165, 1.54) is 7.11 Å². The number of likely N-dealkylation sites (N-methyl/N-ethyl adjacent to an activating group) is 1. The van der Waals surface area contributed by atoms with E-state index in [2.05, 4.69) is 0 Å². The molecule has 128 valence electrons. The lowest BCUT2D eigenvalue weighted by molar-refractivity contribution is -0.139. The van der Waals surface area contributed by atoms with Gasteiger partial charge in [-0.2, -0.15) is 0 Å². The third-order valence-corrected chi connectivity index (χ3v) is 3.66. The van der Waals surface area contributed by atoms with E-state index in [-0.39, 0.29) is 29.9 Å². The van der Waals surface area contributed by atoms with Crippen molar-refractivity contribution in [1.82, 2.24) is 4.90 Å². The summed E-state index contributed by atoms with van der Waals surface area (Å²) in [5.74, 6) is -0.465. The largest absolute Gasteiger partial charge is 0.463 e. The predicted molar refractivity (Wildman–Crippen MR) is 86.2 cm³/mol. The van der Waals surface area contributed by atoms with Crippen molar-refractivity contribution < 1.29 is 19.1 Å². The lowest BCUT2D eigenvalue weighted by atomic mass is 9.99. The minimum atomic E-state index is -0.743. The van der Waals surface area contributed by atoms with Gasteiger partial charge in [-0.3, -0.25) is 4.79 Å². The number of hydrogen-bond acceptors (Lipinski definition) is 5. The van der Waals surface area contributed by atoms with Crippen LogP contribution in [0.2, 0.25) is 0 Å². The van der Waals surface area contributed by atoms with Crippen molar-refractivity contribution in [2.24, 2.45) is 11.7 Å². The summed E-state index contributed by atoms with van der Waals surface area (Å²) < 4.78 is 10.1. The van der Waals surface area contributed by atoms with Gasteiger partial charge in [0, 0.05) is 19.7 Å². The number of carbonyl (C=O) groups is 2. The maximum atomic E-state index is 12.4. The minimum Gasteiger partial charge on any atom is -0.463 e. The Morgan fingerprint density at radius 2 is 1.82 bits per heavy atom. The van der Waals surface area contributed by atoms with E-state index in [0.29, 0.717) is 12.2 Å². The van der Waals surface area contributed by atoms with Gasteiger partial charge in [-0.15, -0.1) is 0 Å². The van der Waals surface area contributed by atoms with E-state index in [4.69, 9.17) is 15.2 Å². The number of hydrogen-bond donors (Lipinski definition) is 1. The topological polar surface area (TPSA) is 81.9 Å². The molecule has 0 saturated heterocycles. The zero-order valence-electron chi connectivity index (χ0n) is 14.8. The summed E-state index contributed by atoms with van der Waals surface area (Å²) in [7, 11) is 3.20. The second kappa shape index (κ2) is 9.58. The highest BCUT2D eigenvalue weighted by Gasteiger charge is 2.29. The zero-order valence-corrected chi connectivity index (χ0v) is 14.8. The third-order valence-electron chi connectivity index (χ3n) is 3.66. The molecule has 0 saturated carbocycles. The Kier molecular flexibility index (Phi) is 8.97. The summed E-state index contributed by atoms with van der Waals surface area (Å²) in [6, 6.07) is -0.987. The Balaban J connectivity index is 5.21. The molecule has 0 aromatic carbocycles. The number of amides is 1. The van der Waals surface area contributed by atoms with Crippen LogP contribution in [0, 0.1) is 5.92 Å². The van der Waals surface area contributed by atoms with Gasteiger partial charge in [0.25, 0.3) is 0 Å². The molecule has 1 amide bonds. The average Bonchev–Trinajstić information content (AvgIpc) is 2.49. The van der Waals surface area contributed by atoms with Crippen LogP contribution in [0.1, 0.15) is 34.6 Å². The third kappa shape index (κ3) is 5.77. The summed E-state index contributed by atoms with van der Waals surface area (Å²) in [5, 5.41) is 0. The summed E-state index contributed by atoms with van der Waals surface area (Å²) >= 11 is 0. The first-order valence-corrected chi connectivity index (χ1v) is 7.57. The van der Waals surface area contributed by atoms with E-state index in [9.17, 15) is 9.59 Å². The average molecular weight is 314 g/mol. The van der Waals surface area contributed by atoms with Gasteiger partial charge in [-0.1, -0.05) is 19.9 Å². The molecule has 6 heteroatoms. The van der Waals surface area contributed by atoms with Crippen molar-refractivity contribution in [2.75, 3.05) is 20.8 Å². The number of nitrogens with two attached hydrogens (primary N) is 1. The molecule has 0 aromatic heterocycles.